The topological polar surface area (TPSA) is 42.1 Å². The number of hydrogen-bond donors (Lipinski definition) is 1. The molecule has 0 amide bonds. The number of benzene rings is 1. The summed E-state index contributed by atoms with van der Waals surface area (Å²) < 4.78 is 1.10. The highest BCUT2D eigenvalue weighted by Crippen LogP contribution is 2.21. The number of likely N-dealkylation sites (N-methyl/N-ethyl adjacent to an activating group) is 1. The Hall–Kier alpha value is -1.23. The Labute approximate surface area is 129 Å². The summed E-state index contributed by atoms with van der Waals surface area (Å²) in [5, 5.41) is 0. The number of rotatable bonds is 5. The minimum absolute atomic E-state index is 0.182. The predicted molar refractivity (Wildman–Crippen MR) is 86.4 cm³/mol. The first-order valence-electron chi connectivity index (χ1n) is 6.67. The van der Waals surface area contributed by atoms with Gasteiger partial charge in [-0.05, 0) is 43.3 Å². The van der Waals surface area contributed by atoms with E-state index in [1.807, 2.05) is 25.3 Å². The van der Waals surface area contributed by atoms with Crippen LogP contribution in [0, 0.1) is 6.92 Å². The Balaban J connectivity index is 2.13. The van der Waals surface area contributed by atoms with Crippen LogP contribution in [0.3, 0.4) is 0 Å². The van der Waals surface area contributed by atoms with Gasteiger partial charge in [-0.3, -0.25) is 9.88 Å². The molecule has 0 aliphatic rings. The van der Waals surface area contributed by atoms with Crippen molar-refractivity contribution < 1.29 is 0 Å². The number of aryl methyl sites for hydroxylation is 1. The van der Waals surface area contributed by atoms with Crippen LogP contribution in [0.4, 0.5) is 0 Å². The fourth-order valence-electron chi connectivity index (χ4n) is 2.28. The van der Waals surface area contributed by atoms with E-state index in [1.54, 1.807) is 0 Å². The lowest BCUT2D eigenvalue weighted by Gasteiger charge is -2.27. The van der Waals surface area contributed by atoms with E-state index in [4.69, 9.17) is 5.73 Å². The third kappa shape index (κ3) is 3.88. The summed E-state index contributed by atoms with van der Waals surface area (Å²) in [7, 11) is 2.10. The van der Waals surface area contributed by atoms with E-state index in [-0.39, 0.29) is 6.04 Å². The third-order valence-electron chi connectivity index (χ3n) is 3.40. The van der Waals surface area contributed by atoms with E-state index >= 15 is 0 Å². The minimum Gasteiger partial charge on any atom is -0.329 e. The molecule has 0 spiro atoms. The lowest BCUT2D eigenvalue weighted by atomic mass is 10.1. The van der Waals surface area contributed by atoms with Crippen molar-refractivity contribution in [1.29, 1.82) is 0 Å². The van der Waals surface area contributed by atoms with Gasteiger partial charge in [-0.2, -0.15) is 0 Å². The minimum atomic E-state index is 0.182. The lowest BCUT2D eigenvalue weighted by molar-refractivity contribution is 0.241. The molecule has 0 aliphatic carbocycles. The molecule has 0 fully saturated rings. The highest BCUT2D eigenvalue weighted by molar-refractivity contribution is 9.10. The van der Waals surface area contributed by atoms with Gasteiger partial charge in [0.2, 0.25) is 0 Å². The van der Waals surface area contributed by atoms with Crippen LogP contribution in [0.2, 0.25) is 0 Å². The first-order valence-corrected chi connectivity index (χ1v) is 7.46. The van der Waals surface area contributed by atoms with Gasteiger partial charge in [-0.1, -0.05) is 34.1 Å². The summed E-state index contributed by atoms with van der Waals surface area (Å²) in [5.74, 6) is 0. The molecule has 1 aromatic heterocycles. The van der Waals surface area contributed by atoms with Crippen LogP contribution in [0.1, 0.15) is 22.9 Å². The molecule has 2 aromatic rings. The highest BCUT2D eigenvalue weighted by Gasteiger charge is 2.16. The quantitative estimate of drug-likeness (QED) is 0.912. The number of nitrogens with two attached hydrogens (primary N) is 1. The van der Waals surface area contributed by atoms with Gasteiger partial charge < -0.3 is 5.73 Å². The van der Waals surface area contributed by atoms with Crippen molar-refractivity contribution in [2.24, 2.45) is 5.73 Å². The van der Waals surface area contributed by atoms with Crippen molar-refractivity contribution in [3.05, 3.63) is 63.9 Å². The van der Waals surface area contributed by atoms with Crippen LogP contribution in [0.5, 0.6) is 0 Å². The van der Waals surface area contributed by atoms with Gasteiger partial charge in [-0.25, -0.2) is 0 Å². The molecule has 2 N–H and O–H groups in total. The summed E-state index contributed by atoms with van der Waals surface area (Å²) in [6.45, 7) is 3.43. The maximum Gasteiger partial charge on any atom is 0.0486 e. The standard InChI is InChI=1S/C16H20BrN3/c1-12-6-7-14(10-19-12)16(9-18)20(2)11-13-4-3-5-15(17)8-13/h3-8,10,16H,9,11,18H2,1-2H3. The van der Waals surface area contributed by atoms with Crippen LogP contribution in [-0.2, 0) is 6.54 Å². The molecule has 0 radical (unpaired) electrons. The Bertz CT molecular complexity index is 554. The van der Waals surface area contributed by atoms with Crippen LogP contribution in [0.15, 0.2) is 47.1 Å². The van der Waals surface area contributed by atoms with Crippen molar-refractivity contribution in [3.63, 3.8) is 0 Å². The number of halogens is 1. The van der Waals surface area contributed by atoms with Crippen LogP contribution in [-0.4, -0.2) is 23.5 Å². The molecule has 20 heavy (non-hydrogen) atoms. The molecule has 1 aromatic carbocycles. The average molecular weight is 334 g/mol. The van der Waals surface area contributed by atoms with E-state index in [9.17, 15) is 0 Å². The van der Waals surface area contributed by atoms with Crippen molar-refractivity contribution in [2.45, 2.75) is 19.5 Å². The second-order valence-electron chi connectivity index (χ2n) is 5.03. The highest BCUT2D eigenvalue weighted by atomic mass is 79.9. The number of pyridine rings is 1. The molecule has 1 unspecified atom stereocenters. The van der Waals surface area contributed by atoms with Gasteiger partial charge in [0.1, 0.15) is 0 Å². The largest absolute Gasteiger partial charge is 0.329 e. The van der Waals surface area contributed by atoms with Gasteiger partial charge in [0.25, 0.3) is 0 Å². The van der Waals surface area contributed by atoms with E-state index in [1.165, 1.54) is 5.56 Å². The zero-order valence-electron chi connectivity index (χ0n) is 11.9. The predicted octanol–water partition coefficient (Wildman–Crippen LogP) is 3.28. The molecule has 0 saturated carbocycles. The van der Waals surface area contributed by atoms with Crippen LogP contribution < -0.4 is 5.73 Å². The Morgan fingerprint density at radius 3 is 2.70 bits per heavy atom. The zero-order valence-corrected chi connectivity index (χ0v) is 13.5. The van der Waals surface area contributed by atoms with Crippen molar-refractivity contribution >= 4 is 15.9 Å². The van der Waals surface area contributed by atoms with Crippen molar-refractivity contribution in [1.82, 2.24) is 9.88 Å². The molecule has 106 valence electrons. The summed E-state index contributed by atoms with van der Waals surface area (Å²) in [5.41, 5.74) is 9.40. The van der Waals surface area contributed by atoms with Crippen molar-refractivity contribution in [2.75, 3.05) is 13.6 Å². The SMILES string of the molecule is Cc1ccc(C(CN)N(C)Cc2cccc(Br)c2)cn1. The number of nitrogens with zero attached hydrogens (tertiary/aromatic N) is 2. The molecule has 0 bridgehead atoms. The summed E-state index contributed by atoms with van der Waals surface area (Å²) in [6, 6.07) is 12.7. The maximum atomic E-state index is 5.95. The monoisotopic (exact) mass is 333 g/mol. The van der Waals surface area contributed by atoms with Gasteiger partial charge in [-0.15, -0.1) is 0 Å². The first kappa shape index (κ1) is 15.2. The molecule has 0 saturated heterocycles. The molecule has 1 atom stereocenters. The zero-order chi connectivity index (χ0) is 14.5. The maximum absolute atomic E-state index is 5.95. The summed E-state index contributed by atoms with van der Waals surface area (Å²) in [6.07, 6.45) is 1.92. The molecule has 0 aliphatic heterocycles. The molecular weight excluding hydrogens is 314 g/mol. The first-order chi connectivity index (χ1) is 9.60. The molecule has 4 heteroatoms. The second kappa shape index (κ2) is 6.97. The van der Waals surface area contributed by atoms with Gasteiger partial charge >= 0.3 is 0 Å². The normalized spacial score (nSPS) is 12.7. The summed E-state index contributed by atoms with van der Waals surface area (Å²) >= 11 is 3.51. The summed E-state index contributed by atoms with van der Waals surface area (Å²) in [4.78, 5) is 6.62. The Kier molecular flexibility index (Phi) is 5.29. The number of aromatic nitrogens is 1. The lowest BCUT2D eigenvalue weighted by Crippen LogP contribution is -2.30. The Morgan fingerprint density at radius 2 is 2.10 bits per heavy atom. The second-order valence-corrected chi connectivity index (χ2v) is 5.95. The number of hydrogen-bond acceptors (Lipinski definition) is 3. The van der Waals surface area contributed by atoms with E-state index in [0.29, 0.717) is 6.54 Å². The van der Waals surface area contributed by atoms with E-state index in [0.717, 1.165) is 22.3 Å². The van der Waals surface area contributed by atoms with Crippen molar-refractivity contribution in [3.8, 4) is 0 Å². The molecule has 2 rings (SSSR count). The molecular formula is C16H20BrN3. The van der Waals surface area contributed by atoms with E-state index in [2.05, 4.69) is 57.1 Å². The van der Waals surface area contributed by atoms with Crippen LogP contribution in [0.25, 0.3) is 0 Å². The van der Waals surface area contributed by atoms with E-state index < -0.39 is 0 Å². The van der Waals surface area contributed by atoms with Crippen LogP contribution >= 0.6 is 15.9 Å². The van der Waals surface area contributed by atoms with Gasteiger partial charge in [0, 0.05) is 35.5 Å². The third-order valence-corrected chi connectivity index (χ3v) is 3.89. The van der Waals surface area contributed by atoms with Gasteiger partial charge in [0.05, 0.1) is 0 Å². The smallest absolute Gasteiger partial charge is 0.0486 e. The fraction of sp³-hybridized carbons (Fsp3) is 0.312. The molecule has 3 nitrogen and oxygen atoms in total. The average Bonchev–Trinajstić information content (AvgIpc) is 2.42. The van der Waals surface area contributed by atoms with Gasteiger partial charge in [0.15, 0.2) is 0 Å². The molecule has 1 heterocycles. The Morgan fingerprint density at radius 1 is 1.30 bits per heavy atom. The fourth-order valence-corrected chi connectivity index (χ4v) is 2.73.